The highest BCUT2D eigenvalue weighted by atomic mass is 16.4. The predicted octanol–water partition coefficient (Wildman–Crippen LogP) is 6.79. The zero-order chi connectivity index (χ0) is 26.5. The van der Waals surface area contributed by atoms with Gasteiger partial charge in [0.05, 0.1) is 0 Å². The standard InChI is InChI=1S/C34H32BNO2/c1-33(2)31-23-29(20-21-30(31)34(3)22-8-7-11-32(33)34)36(28-18-14-26(15-19-28)35(37)38)27-16-12-25(13-17-27)24-9-5-4-6-10-24/h4-23,32,37-38H,1-3H3. The highest BCUT2D eigenvalue weighted by Gasteiger charge is 2.51. The van der Waals surface area contributed by atoms with E-state index in [1.54, 1.807) is 12.1 Å². The third kappa shape index (κ3) is 3.92. The first-order chi connectivity index (χ1) is 18.3. The molecule has 2 aliphatic carbocycles. The summed E-state index contributed by atoms with van der Waals surface area (Å²) in [4.78, 5) is 2.24. The maximum atomic E-state index is 9.65. The number of rotatable bonds is 5. The van der Waals surface area contributed by atoms with Gasteiger partial charge in [-0.1, -0.05) is 106 Å². The molecule has 0 aliphatic heterocycles. The first-order valence-electron chi connectivity index (χ1n) is 13.2. The molecule has 0 amide bonds. The van der Waals surface area contributed by atoms with Crippen molar-refractivity contribution in [2.24, 2.45) is 5.92 Å². The number of anilines is 3. The molecular formula is C34H32BNO2. The lowest BCUT2D eigenvalue weighted by Crippen LogP contribution is -2.34. The summed E-state index contributed by atoms with van der Waals surface area (Å²) >= 11 is 0. The molecule has 0 heterocycles. The molecule has 2 aliphatic rings. The lowest BCUT2D eigenvalue weighted by atomic mass is 9.67. The Morgan fingerprint density at radius 2 is 1.26 bits per heavy atom. The van der Waals surface area contributed by atoms with E-state index in [1.807, 2.05) is 18.2 Å². The first-order valence-corrected chi connectivity index (χ1v) is 13.2. The van der Waals surface area contributed by atoms with Crippen LogP contribution in [0.25, 0.3) is 11.1 Å². The lowest BCUT2D eigenvalue weighted by molar-refractivity contribution is 0.324. The number of allylic oxidation sites excluding steroid dienone is 4. The van der Waals surface area contributed by atoms with E-state index in [0.717, 1.165) is 17.1 Å². The molecule has 0 spiro atoms. The van der Waals surface area contributed by atoms with E-state index in [0.29, 0.717) is 11.4 Å². The van der Waals surface area contributed by atoms with Crippen LogP contribution in [0.3, 0.4) is 0 Å². The topological polar surface area (TPSA) is 43.7 Å². The molecule has 4 heteroatoms. The van der Waals surface area contributed by atoms with Crippen molar-refractivity contribution in [3.05, 3.63) is 132 Å². The van der Waals surface area contributed by atoms with Crippen molar-refractivity contribution < 1.29 is 10.0 Å². The molecular weight excluding hydrogens is 465 g/mol. The van der Waals surface area contributed by atoms with E-state index in [2.05, 4.69) is 117 Å². The van der Waals surface area contributed by atoms with Crippen molar-refractivity contribution in [1.29, 1.82) is 0 Å². The van der Waals surface area contributed by atoms with Crippen LogP contribution in [0.1, 0.15) is 31.9 Å². The van der Waals surface area contributed by atoms with Gasteiger partial charge in [0.1, 0.15) is 0 Å². The number of fused-ring (bicyclic) bond motifs is 3. The third-order valence-electron chi connectivity index (χ3n) is 8.50. The van der Waals surface area contributed by atoms with Crippen LogP contribution >= 0.6 is 0 Å². The fraction of sp³-hybridized carbons (Fsp3) is 0.176. The highest BCUT2D eigenvalue weighted by Crippen LogP contribution is 2.57. The van der Waals surface area contributed by atoms with Gasteiger partial charge in [-0.05, 0) is 75.4 Å². The molecule has 188 valence electrons. The molecule has 3 nitrogen and oxygen atoms in total. The van der Waals surface area contributed by atoms with Gasteiger partial charge in [-0.2, -0.15) is 0 Å². The summed E-state index contributed by atoms with van der Waals surface area (Å²) in [6.45, 7) is 7.06. The molecule has 0 saturated carbocycles. The first kappa shape index (κ1) is 24.5. The van der Waals surface area contributed by atoms with Crippen LogP contribution in [0.4, 0.5) is 17.1 Å². The Balaban J connectivity index is 1.47. The zero-order valence-electron chi connectivity index (χ0n) is 22.0. The van der Waals surface area contributed by atoms with E-state index in [1.165, 1.54) is 22.3 Å². The summed E-state index contributed by atoms with van der Waals surface area (Å²) in [6, 6.07) is 33.3. The van der Waals surface area contributed by atoms with Gasteiger partial charge < -0.3 is 14.9 Å². The minimum atomic E-state index is -1.49. The summed E-state index contributed by atoms with van der Waals surface area (Å²) in [5.74, 6) is 0.397. The number of hydrogen-bond donors (Lipinski definition) is 2. The van der Waals surface area contributed by atoms with E-state index in [4.69, 9.17) is 0 Å². The molecule has 0 bridgehead atoms. The molecule has 4 aromatic carbocycles. The van der Waals surface area contributed by atoms with E-state index in [9.17, 15) is 10.0 Å². The zero-order valence-corrected chi connectivity index (χ0v) is 22.0. The number of nitrogens with zero attached hydrogens (tertiary/aromatic N) is 1. The minimum Gasteiger partial charge on any atom is -0.423 e. The van der Waals surface area contributed by atoms with Crippen LogP contribution < -0.4 is 10.4 Å². The SMILES string of the molecule is CC1(C)c2cc(N(c3ccc(B(O)O)cc3)c3ccc(-c4ccccc4)cc3)ccc2C2(C)C=CC=CC12. The number of benzene rings is 4. The van der Waals surface area contributed by atoms with Crippen LogP contribution in [0.5, 0.6) is 0 Å². The summed E-state index contributed by atoms with van der Waals surface area (Å²) in [5.41, 5.74) is 8.61. The Bertz CT molecular complexity index is 1520. The average Bonchev–Trinajstić information content (AvgIpc) is 3.12. The van der Waals surface area contributed by atoms with Gasteiger partial charge in [-0.25, -0.2) is 0 Å². The summed E-state index contributed by atoms with van der Waals surface area (Å²) in [5, 5.41) is 19.3. The van der Waals surface area contributed by atoms with Crippen LogP contribution in [0, 0.1) is 5.92 Å². The second-order valence-electron chi connectivity index (χ2n) is 11.2. The summed E-state index contributed by atoms with van der Waals surface area (Å²) in [6.07, 6.45) is 9.06. The van der Waals surface area contributed by atoms with Gasteiger partial charge in [0, 0.05) is 22.5 Å². The molecule has 4 aromatic rings. The average molecular weight is 497 g/mol. The highest BCUT2D eigenvalue weighted by molar-refractivity contribution is 6.58. The van der Waals surface area contributed by atoms with Gasteiger partial charge in [0.25, 0.3) is 0 Å². The molecule has 2 unspecified atom stereocenters. The minimum absolute atomic E-state index is 0.0188. The fourth-order valence-corrected chi connectivity index (χ4v) is 6.50. The Labute approximate surface area is 225 Å². The Morgan fingerprint density at radius 1 is 0.658 bits per heavy atom. The molecule has 2 N–H and O–H groups in total. The largest absolute Gasteiger partial charge is 0.488 e. The van der Waals surface area contributed by atoms with Crippen molar-refractivity contribution in [2.75, 3.05) is 4.90 Å². The Morgan fingerprint density at radius 3 is 1.92 bits per heavy atom. The molecule has 0 radical (unpaired) electrons. The second-order valence-corrected chi connectivity index (χ2v) is 11.2. The van der Waals surface area contributed by atoms with Crippen molar-refractivity contribution in [3.63, 3.8) is 0 Å². The smallest absolute Gasteiger partial charge is 0.423 e. The maximum absolute atomic E-state index is 9.65. The van der Waals surface area contributed by atoms with Crippen LogP contribution in [0.2, 0.25) is 0 Å². The van der Waals surface area contributed by atoms with Crippen molar-refractivity contribution in [2.45, 2.75) is 31.6 Å². The van der Waals surface area contributed by atoms with Crippen LogP contribution in [0.15, 0.2) is 121 Å². The predicted molar refractivity (Wildman–Crippen MR) is 159 cm³/mol. The molecule has 0 saturated heterocycles. The monoisotopic (exact) mass is 497 g/mol. The van der Waals surface area contributed by atoms with Crippen molar-refractivity contribution >= 4 is 29.6 Å². The second kappa shape index (κ2) is 9.16. The number of hydrogen-bond acceptors (Lipinski definition) is 3. The summed E-state index contributed by atoms with van der Waals surface area (Å²) in [7, 11) is -1.49. The quantitative estimate of drug-likeness (QED) is 0.298. The normalized spacial score (nSPS) is 20.6. The maximum Gasteiger partial charge on any atom is 0.488 e. The van der Waals surface area contributed by atoms with E-state index in [-0.39, 0.29) is 10.8 Å². The van der Waals surface area contributed by atoms with Crippen molar-refractivity contribution in [3.8, 4) is 11.1 Å². The molecule has 38 heavy (non-hydrogen) atoms. The molecule has 0 aromatic heterocycles. The summed E-state index contributed by atoms with van der Waals surface area (Å²) < 4.78 is 0. The Kier molecular flexibility index (Phi) is 5.90. The fourth-order valence-electron chi connectivity index (χ4n) is 6.50. The Hall–Kier alpha value is -3.86. The third-order valence-corrected chi connectivity index (χ3v) is 8.50. The molecule has 2 atom stereocenters. The molecule has 6 rings (SSSR count). The van der Waals surface area contributed by atoms with Crippen molar-refractivity contribution in [1.82, 2.24) is 0 Å². The van der Waals surface area contributed by atoms with Gasteiger partial charge >= 0.3 is 7.12 Å². The van der Waals surface area contributed by atoms with Crippen LogP contribution in [-0.2, 0) is 10.8 Å². The van der Waals surface area contributed by atoms with E-state index >= 15 is 0 Å². The van der Waals surface area contributed by atoms with Gasteiger partial charge in [-0.3, -0.25) is 0 Å². The van der Waals surface area contributed by atoms with Gasteiger partial charge in [0.15, 0.2) is 0 Å². The van der Waals surface area contributed by atoms with Gasteiger partial charge in [0.2, 0.25) is 0 Å². The lowest BCUT2D eigenvalue weighted by Gasteiger charge is -2.36. The van der Waals surface area contributed by atoms with Gasteiger partial charge in [-0.15, -0.1) is 0 Å². The van der Waals surface area contributed by atoms with Crippen LogP contribution in [-0.4, -0.2) is 17.2 Å². The van der Waals surface area contributed by atoms with E-state index < -0.39 is 7.12 Å². The molecule has 0 fully saturated rings.